The quantitative estimate of drug-likeness (QED) is 0.830. The molecule has 1 aromatic carbocycles. The minimum atomic E-state index is -0.0251. The lowest BCUT2D eigenvalue weighted by atomic mass is 10.2. The van der Waals surface area contributed by atoms with Gasteiger partial charge in [-0.3, -0.25) is 4.79 Å². The molecule has 0 aromatic heterocycles. The van der Waals surface area contributed by atoms with Gasteiger partial charge in [-0.15, -0.1) is 0 Å². The third kappa shape index (κ3) is 3.01. The Morgan fingerprint density at radius 2 is 2.29 bits per heavy atom. The van der Waals surface area contributed by atoms with Crippen LogP contribution in [0.2, 0.25) is 5.02 Å². The van der Waals surface area contributed by atoms with Gasteiger partial charge in [0, 0.05) is 17.1 Å². The number of rotatable bonds is 4. The molecule has 0 fully saturated rings. The van der Waals surface area contributed by atoms with Crippen molar-refractivity contribution in [2.75, 3.05) is 6.61 Å². The van der Waals surface area contributed by atoms with Gasteiger partial charge in [0.2, 0.25) is 0 Å². The average molecular weight is 214 g/mol. The van der Waals surface area contributed by atoms with E-state index in [0.29, 0.717) is 17.3 Å². The second kappa shape index (κ2) is 4.98. The highest BCUT2D eigenvalue weighted by Gasteiger charge is 2.03. The fourth-order valence-electron chi connectivity index (χ4n) is 1.03. The maximum atomic E-state index is 10.7. The first-order chi connectivity index (χ1) is 6.63. The Balaban J connectivity index is 2.80. The highest BCUT2D eigenvalue weighted by molar-refractivity contribution is 6.30. The highest BCUT2D eigenvalue weighted by atomic mass is 35.5. The summed E-state index contributed by atoms with van der Waals surface area (Å²) < 4.78 is 5.26. The van der Waals surface area contributed by atoms with Gasteiger partial charge in [-0.25, -0.2) is 0 Å². The number of ether oxygens (including phenoxy) is 1. The van der Waals surface area contributed by atoms with Crippen LogP contribution in [-0.4, -0.2) is 12.4 Å². The van der Waals surface area contributed by atoms with Gasteiger partial charge < -0.3 is 10.5 Å². The molecule has 0 aliphatic heterocycles. The van der Waals surface area contributed by atoms with Crippen molar-refractivity contribution in [3.8, 4) is 5.75 Å². The zero-order valence-electron chi connectivity index (χ0n) is 7.92. The molecule has 1 aromatic rings. The standard InChI is InChI=1S/C10H12ClNO2/c1-7(13)6-14-10-3-2-9(11)4-8(10)5-12/h2-4H,5-6,12H2,1H3. The van der Waals surface area contributed by atoms with E-state index in [1.807, 2.05) is 0 Å². The molecule has 0 spiro atoms. The van der Waals surface area contributed by atoms with Crippen molar-refractivity contribution in [1.82, 2.24) is 0 Å². The van der Waals surface area contributed by atoms with E-state index in [1.165, 1.54) is 6.92 Å². The summed E-state index contributed by atoms with van der Waals surface area (Å²) in [6.07, 6.45) is 0. The molecule has 76 valence electrons. The molecular formula is C10H12ClNO2. The molecule has 3 nitrogen and oxygen atoms in total. The summed E-state index contributed by atoms with van der Waals surface area (Å²) in [4.78, 5) is 10.7. The molecule has 0 aliphatic carbocycles. The Bertz CT molecular complexity index is 339. The smallest absolute Gasteiger partial charge is 0.167 e. The Morgan fingerprint density at radius 1 is 1.57 bits per heavy atom. The lowest BCUT2D eigenvalue weighted by Gasteiger charge is -2.08. The number of benzene rings is 1. The van der Waals surface area contributed by atoms with E-state index in [-0.39, 0.29) is 12.4 Å². The predicted molar refractivity (Wildman–Crippen MR) is 55.5 cm³/mol. The molecule has 1 rings (SSSR count). The van der Waals surface area contributed by atoms with Crippen LogP contribution in [0.25, 0.3) is 0 Å². The summed E-state index contributed by atoms with van der Waals surface area (Å²) in [6, 6.07) is 5.15. The number of nitrogens with two attached hydrogens (primary N) is 1. The van der Waals surface area contributed by atoms with Crippen molar-refractivity contribution in [3.05, 3.63) is 28.8 Å². The highest BCUT2D eigenvalue weighted by Crippen LogP contribution is 2.22. The fourth-order valence-corrected chi connectivity index (χ4v) is 1.22. The van der Waals surface area contributed by atoms with Gasteiger partial charge in [-0.2, -0.15) is 0 Å². The van der Waals surface area contributed by atoms with E-state index >= 15 is 0 Å². The molecule has 0 atom stereocenters. The summed E-state index contributed by atoms with van der Waals surface area (Å²) in [5.74, 6) is 0.593. The number of hydrogen-bond acceptors (Lipinski definition) is 3. The minimum absolute atomic E-state index is 0.0251. The molecule has 0 unspecified atom stereocenters. The van der Waals surface area contributed by atoms with Crippen LogP contribution >= 0.6 is 11.6 Å². The molecule has 0 saturated heterocycles. The Labute approximate surface area is 87.8 Å². The minimum Gasteiger partial charge on any atom is -0.486 e. The average Bonchev–Trinajstić information content (AvgIpc) is 2.15. The van der Waals surface area contributed by atoms with Gasteiger partial charge in [0.25, 0.3) is 0 Å². The molecular weight excluding hydrogens is 202 g/mol. The maximum Gasteiger partial charge on any atom is 0.167 e. The van der Waals surface area contributed by atoms with E-state index in [0.717, 1.165) is 5.56 Å². The molecule has 0 amide bonds. The first kappa shape index (κ1) is 11.0. The zero-order valence-corrected chi connectivity index (χ0v) is 8.67. The number of hydrogen-bond donors (Lipinski definition) is 1. The first-order valence-electron chi connectivity index (χ1n) is 4.24. The number of Topliss-reactive ketones (excluding diaryl/α,β-unsaturated/α-hetero) is 1. The van der Waals surface area contributed by atoms with E-state index in [1.54, 1.807) is 18.2 Å². The molecule has 14 heavy (non-hydrogen) atoms. The largest absolute Gasteiger partial charge is 0.486 e. The first-order valence-corrected chi connectivity index (χ1v) is 4.62. The number of carbonyl (C=O) groups excluding carboxylic acids is 1. The van der Waals surface area contributed by atoms with Crippen molar-refractivity contribution in [2.24, 2.45) is 5.73 Å². The number of carbonyl (C=O) groups is 1. The number of halogens is 1. The Hall–Kier alpha value is -1.06. The van der Waals surface area contributed by atoms with Crippen molar-refractivity contribution in [1.29, 1.82) is 0 Å². The predicted octanol–water partition coefficient (Wildman–Crippen LogP) is 1.77. The summed E-state index contributed by atoms with van der Waals surface area (Å²) in [5.41, 5.74) is 6.31. The van der Waals surface area contributed by atoms with Crippen LogP contribution in [0.5, 0.6) is 5.75 Å². The summed E-state index contributed by atoms with van der Waals surface area (Å²) >= 11 is 5.78. The summed E-state index contributed by atoms with van der Waals surface area (Å²) in [6.45, 7) is 1.88. The lowest BCUT2D eigenvalue weighted by Crippen LogP contribution is -2.09. The van der Waals surface area contributed by atoms with E-state index in [9.17, 15) is 4.79 Å². The zero-order chi connectivity index (χ0) is 10.6. The van der Waals surface area contributed by atoms with Gasteiger partial charge in [0.1, 0.15) is 12.4 Å². The van der Waals surface area contributed by atoms with Crippen molar-refractivity contribution < 1.29 is 9.53 Å². The van der Waals surface area contributed by atoms with Gasteiger partial charge in [-0.05, 0) is 25.1 Å². The van der Waals surface area contributed by atoms with Crippen molar-refractivity contribution in [2.45, 2.75) is 13.5 Å². The maximum absolute atomic E-state index is 10.7. The van der Waals surface area contributed by atoms with Gasteiger partial charge in [0.05, 0.1) is 0 Å². The van der Waals surface area contributed by atoms with Crippen molar-refractivity contribution >= 4 is 17.4 Å². The van der Waals surface area contributed by atoms with Crippen LogP contribution in [0.15, 0.2) is 18.2 Å². The summed E-state index contributed by atoms with van der Waals surface area (Å²) in [5, 5.41) is 0.612. The third-order valence-corrected chi connectivity index (χ3v) is 1.91. The third-order valence-electron chi connectivity index (χ3n) is 1.67. The second-order valence-electron chi connectivity index (χ2n) is 2.95. The van der Waals surface area contributed by atoms with E-state index < -0.39 is 0 Å². The SMILES string of the molecule is CC(=O)COc1ccc(Cl)cc1CN. The van der Waals surface area contributed by atoms with Crippen LogP contribution < -0.4 is 10.5 Å². The van der Waals surface area contributed by atoms with Gasteiger partial charge in [-0.1, -0.05) is 11.6 Å². The molecule has 4 heteroatoms. The molecule has 0 saturated carbocycles. The molecule has 0 aliphatic rings. The lowest BCUT2D eigenvalue weighted by molar-refractivity contribution is -0.118. The number of ketones is 1. The van der Waals surface area contributed by atoms with Crippen molar-refractivity contribution in [3.63, 3.8) is 0 Å². The van der Waals surface area contributed by atoms with E-state index in [2.05, 4.69) is 0 Å². The van der Waals surface area contributed by atoms with Crippen LogP contribution in [-0.2, 0) is 11.3 Å². The van der Waals surface area contributed by atoms with E-state index in [4.69, 9.17) is 22.1 Å². The molecule has 0 bridgehead atoms. The molecule has 2 N–H and O–H groups in total. The van der Waals surface area contributed by atoms with Crippen LogP contribution in [0.3, 0.4) is 0 Å². The monoisotopic (exact) mass is 213 g/mol. The molecule has 0 heterocycles. The Morgan fingerprint density at radius 3 is 2.86 bits per heavy atom. The second-order valence-corrected chi connectivity index (χ2v) is 3.38. The van der Waals surface area contributed by atoms with Crippen LogP contribution in [0.4, 0.5) is 0 Å². The van der Waals surface area contributed by atoms with Gasteiger partial charge in [0.15, 0.2) is 5.78 Å². The fraction of sp³-hybridized carbons (Fsp3) is 0.300. The van der Waals surface area contributed by atoms with Crippen LogP contribution in [0, 0.1) is 0 Å². The Kier molecular flexibility index (Phi) is 3.92. The topological polar surface area (TPSA) is 52.3 Å². The molecule has 0 radical (unpaired) electrons. The normalized spacial score (nSPS) is 9.93. The van der Waals surface area contributed by atoms with Crippen LogP contribution in [0.1, 0.15) is 12.5 Å². The summed E-state index contributed by atoms with van der Waals surface area (Å²) in [7, 11) is 0. The van der Waals surface area contributed by atoms with Gasteiger partial charge >= 0.3 is 0 Å².